The van der Waals surface area contributed by atoms with E-state index in [1.165, 1.54) is 10.9 Å². The molecule has 2 N–H and O–H groups in total. The van der Waals surface area contributed by atoms with Gasteiger partial charge in [0, 0.05) is 30.8 Å². The molecule has 0 radical (unpaired) electrons. The number of hydrogen-bond donors (Lipinski definition) is 2. The number of hydrogen-bond acceptors (Lipinski definition) is 6. The molecule has 9 nitrogen and oxygen atoms in total. The minimum atomic E-state index is -0.339. The number of aromatic nitrogens is 2. The zero-order chi connectivity index (χ0) is 27.9. The van der Waals surface area contributed by atoms with Gasteiger partial charge in [0.2, 0.25) is 0 Å². The molecule has 0 aliphatic rings. The van der Waals surface area contributed by atoms with Crippen LogP contribution in [-0.4, -0.2) is 41.6 Å². The quantitative estimate of drug-likeness (QED) is 0.319. The Labute approximate surface area is 226 Å². The topological polar surface area (TPSA) is 126 Å². The summed E-state index contributed by atoms with van der Waals surface area (Å²) in [6.07, 6.45) is 1.95. The van der Waals surface area contributed by atoms with E-state index in [1.807, 2.05) is 26.0 Å². The molecule has 0 saturated heterocycles. The van der Waals surface area contributed by atoms with Gasteiger partial charge in [-0.1, -0.05) is 24.3 Å². The Hall–Kier alpha value is -4.81. The third-order valence-corrected chi connectivity index (χ3v) is 6.30. The maximum absolute atomic E-state index is 13.5. The molecule has 39 heavy (non-hydrogen) atoms. The van der Waals surface area contributed by atoms with Gasteiger partial charge in [-0.3, -0.25) is 19.0 Å². The first-order chi connectivity index (χ1) is 18.8. The summed E-state index contributed by atoms with van der Waals surface area (Å²) in [5.41, 5.74) is 3.52. The second-order valence-corrected chi connectivity index (χ2v) is 9.26. The first-order valence-corrected chi connectivity index (χ1v) is 12.5. The van der Waals surface area contributed by atoms with Gasteiger partial charge in [0.05, 0.1) is 34.8 Å². The smallest absolute Gasteiger partial charge is 0.265 e. The fourth-order valence-electron chi connectivity index (χ4n) is 4.26. The molecule has 198 valence electrons. The lowest BCUT2D eigenvalue weighted by Crippen LogP contribution is -2.28. The Morgan fingerprint density at radius 1 is 1.10 bits per heavy atom. The number of carbonyl (C=O) groups is 2. The average molecular weight is 524 g/mol. The molecule has 1 atom stereocenters. The second-order valence-electron chi connectivity index (χ2n) is 9.26. The molecule has 0 saturated carbocycles. The summed E-state index contributed by atoms with van der Waals surface area (Å²) >= 11 is 0. The molecule has 0 fully saturated rings. The fourth-order valence-corrected chi connectivity index (χ4v) is 4.26. The molecular formula is C30H29N5O4. The molecular weight excluding hydrogens is 494 g/mol. The number of amides is 2. The highest BCUT2D eigenvalue weighted by Gasteiger charge is 2.16. The Kier molecular flexibility index (Phi) is 8.49. The lowest BCUT2D eigenvalue weighted by atomic mass is 10.0. The predicted molar refractivity (Wildman–Crippen MR) is 149 cm³/mol. The molecule has 0 spiro atoms. The number of ether oxygens (including phenoxy) is 1. The van der Waals surface area contributed by atoms with Crippen molar-refractivity contribution in [3.63, 3.8) is 0 Å². The van der Waals surface area contributed by atoms with Crippen molar-refractivity contribution in [2.75, 3.05) is 25.6 Å². The Morgan fingerprint density at radius 3 is 2.67 bits per heavy atom. The summed E-state index contributed by atoms with van der Waals surface area (Å²) in [6, 6.07) is 19.6. The highest BCUT2D eigenvalue weighted by Crippen LogP contribution is 2.21. The van der Waals surface area contributed by atoms with Gasteiger partial charge in [-0.15, -0.1) is 0 Å². The van der Waals surface area contributed by atoms with Crippen LogP contribution in [0.4, 0.5) is 5.69 Å². The molecule has 0 bridgehead atoms. The van der Waals surface area contributed by atoms with Crippen molar-refractivity contribution in [2.24, 2.45) is 5.92 Å². The highest BCUT2D eigenvalue weighted by atomic mass is 16.5. The molecule has 9 heteroatoms. The van der Waals surface area contributed by atoms with E-state index in [2.05, 4.69) is 21.7 Å². The first-order valence-electron chi connectivity index (χ1n) is 12.5. The monoisotopic (exact) mass is 523 g/mol. The van der Waals surface area contributed by atoms with Crippen molar-refractivity contribution in [3.05, 3.63) is 99.6 Å². The zero-order valence-corrected chi connectivity index (χ0v) is 22.0. The van der Waals surface area contributed by atoms with Crippen LogP contribution in [-0.2, 0) is 11.2 Å². The number of nitriles is 1. The number of fused-ring (bicyclic) bond motifs is 1. The predicted octanol–water partition coefficient (Wildman–Crippen LogP) is 4.02. The number of para-hydroxylation sites is 1. The van der Waals surface area contributed by atoms with Crippen molar-refractivity contribution < 1.29 is 14.3 Å². The lowest BCUT2D eigenvalue weighted by molar-refractivity contribution is 0.0938. The summed E-state index contributed by atoms with van der Waals surface area (Å²) in [5.74, 6) is -0.795. The van der Waals surface area contributed by atoms with E-state index in [9.17, 15) is 14.4 Å². The standard InChI is InChI=1S/C30H29N5O4/c1-19(17-31)14-21-6-4-7-22(15-21)28(36)34-23-11-10-20(2)26(16-23)35-18-33-27-24(29(37)32-12-13-39-3)8-5-9-25(27)30(35)38/h4-11,15-16,18-19H,12-14H2,1-3H3,(H,32,37)(H,34,36). The minimum absolute atomic E-state index is 0.155. The van der Waals surface area contributed by atoms with Crippen molar-refractivity contribution in [1.82, 2.24) is 14.9 Å². The summed E-state index contributed by atoms with van der Waals surface area (Å²) in [5, 5.41) is 15.0. The molecule has 0 aliphatic heterocycles. The van der Waals surface area contributed by atoms with E-state index in [0.717, 1.165) is 11.1 Å². The summed E-state index contributed by atoms with van der Waals surface area (Å²) < 4.78 is 6.38. The van der Waals surface area contributed by atoms with Crippen LogP contribution >= 0.6 is 0 Å². The van der Waals surface area contributed by atoms with Crippen molar-refractivity contribution >= 4 is 28.4 Å². The zero-order valence-electron chi connectivity index (χ0n) is 22.0. The highest BCUT2D eigenvalue weighted by molar-refractivity contribution is 6.05. The van der Waals surface area contributed by atoms with E-state index >= 15 is 0 Å². The number of nitrogens with zero attached hydrogens (tertiary/aromatic N) is 3. The maximum atomic E-state index is 13.5. The second kappa shape index (κ2) is 12.2. The number of anilines is 1. The molecule has 1 heterocycles. The third kappa shape index (κ3) is 6.20. The Balaban J connectivity index is 1.63. The van der Waals surface area contributed by atoms with Crippen LogP contribution in [0.2, 0.25) is 0 Å². The number of rotatable bonds is 9. The van der Waals surface area contributed by atoms with Gasteiger partial charge < -0.3 is 15.4 Å². The summed E-state index contributed by atoms with van der Waals surface area (Å²) in [7, 11) is 1.55. The Bertz CT molecular complexity index is 1640. The van der Waals surface area contributed by atoms with Crippen molar-refractivity contribution in [1.29, 1.82) is 5.26 Å². The first kappa shape index (κ1) is 27.2. The van der Waals surface area contributed by atoms with E-state index in [0.29, 0.717) is 53.0 Å². The van der Waals surface area contributed by atoms with Crippen molar-refractivity contribution in [2.45, 2.75) is 20.3 Å². The fraction of sp³-hybridized carbons (Fsp3) is 0.233. The van der Waals surface area contributed by atoms with Gasteiger partial charge in [0.15, 0.2) is 0 Å². The van der Waals surface area contributed by atoms with Gasteiger partial charge in [0.25, 0.3) is 17.4 Å². The minimum Gasteiger partial charge on any atom is -0.383 e. The van der Waals surface area contributed by atoms with Gasteiger partial charge in [-0.2, -0.15) is 5.26 Å². The molecule has 4 aromatic rings. The number of carbonyl (C=O) groups excluding carboxylic acids is 2. The molecule has 4 rings (SSSR count). The van der Waals surface area contributed by atoms with E-state index in [1.54, 1.807) is 55.6 Å². The van der Waals surface area contributed by atoms with Crippen LogP contribution in [0.25, 0.3) is 16.6 Å². The summed E-state index contributed by atoms with van der Waals surface area (Å²) in [6.45, 7) is 4.40. The van der Waals surface area contributed by atoms with Crippen LogP contribution in [0.3, 0.4) is 0 Å². The van der Waals surface area contributed by atoms with Gasteiger partial charge >= 0.3 is 0 Å². The number of aryl methyl sites for hydroxylation is 1. The van der Waals surface area contributed by atoms with Gasteiger partial charge in [-0.05, 0) is 67.8 Å². The number of benzene rings is 3. The number of nitrogens with one attached hydrogen (secondary N) is 2. The average Bonchev–Trinajstić information content (AvgIpc) is 2.94. The molecule has 2 amide bonds. The van der Waals surface area contributed by atoms with E-state index < -0.39 is 0 Å². The maximum Gasteiger partial charge on any atom is 0.265 e. The van der Waals surface area contributed by atoms with E-state index in [4.69, 9.17) is 10.00 Å². The molecule has 0 aliphatic carbocycles. The summed E-state index contributed by atoms with van der Waals surface area (Å²) in [4.78, 5) is 43.6. The van der Waals surface area contributed by atoms with Crippen LogP contribution in [0.5, 0.6) is 0 Å². The molecule has 1 aromatic heterocycles. The Morgan fingerprint density at radius 2 is 1.90 bits per heavy atom. The van der Waals surface area contributed by atoms with Crippen molar-refractivity contribution in [3.8, 4) is 11.8 Å². The molecule has 1 unspecified atom stereocenters. The number of methoxy groups -OCH3 is 1. The lowest BCUT2D eigenvalue weighted by Gasteiger charge is -2.14. The van der Waals surface area contributed by atoms with Gasteiger partial charge in [-0.25, -0.2) is 4.98 Å². The third-order valence-electron chi connectivity index (χ3n) is 6.30. The van der Waals surface area contributed by atoms with E-state index in [-0.39, 0.29) is 23.3 Å². The SMILES string of the molecule is COCCNC(=O)c1cccc2c(=O)n(-c3cc(NC(=O)c4cccc(CC(C)C#N)c4)ccc3C)cnc12. The molecule has 3 aromatic carbocycles. The van der Waals surface area contributed by atoms with Crippen LogP contribution in [0.1, 0.15) is 38.8 Å². The van der Waals surface area contributed by atoms with Crippen LogP contribution in [0.15, 0.2) is 71.8 Å². The van der Waals surface area contributed by atoms with Crippen LogP contribution < -0.4 is 16.2 Å². The van der Waals surface area contributed by atoms with Crippen LogP contribution in [0, 0.1) is 24.2 Å². The normalized spacial score (nSPS) is 11.5. The van der Waals surface area contributed by atoms with Gasteiger partial charge in [0.1, 0.15) is 6.33 Å². The largest absolute Gasteiger partial charge is 0.383 e.